The summed E-state index contributed by atoms with van der Waals surface area (Å²) in [5.41, 5.74) is 39.5. The van der Waals surface area contributed by atoms with Crippen molar-refractivity contribution in [2.75, 3.05) is 0 Å². The molecule has 0 aliphatic heterocycles. The molecule has 636 valence electrons. The highest BCUT2D eigenvalue weighted by Crippen LogP contribution is 2.52. The largest absolute Gasteiger partial charge is 0.456 e. The summed E-state index contributed by atoms with van der Waals surface area (Å²) in [6.45, 7) is 66.2. The lowest BCUT2D eigenvalue weighted by Gasteiger charge is -2.22. The van der Waals surface area contributed by atoms with Crippen molar-refractivity contribution in [3.8, 4) is 89.5 Å². The molecule has 0 radical (unpaired) electrons. The van der Waals surface area contributed by atoms with Gasteiger partial charge in [0.15, 0.2) is 30.5 Å². The van der Waals surface area contributed by atoms with Crippen molar-refractivity contribution in [1.82, 2.24) is 0 Å². The molecule has 0 bridgehead atoms. The van der Waals surface area contributed by atoms with Crippen LogP contribution in [0.2, 0.25) is 19.6 Å². The van der Waals surface area contributed by atoms with Crippen LogP contribution in [0.4, 0.5) is 22.7 Å². The molecule has 0 unspecified atom stereocenters. The second-order valence-corrected chi connectivity index (χ2v) is 41.2. The van der Waals surface area contributed by atoms with E-state index >= 15 is 0 Å². The maximum Gasteiger partial charge on any atom is 0.219 e. The highest BCUT2D eigenvalue weighted by molar-refractivity contribution is 6.89. The Bertz CT molecular complexity index is 8180. The molecule has 0 amide bonds. The number of nitrogens with zero attached hydrogens (tertiary/aromatic N) is 8. The molecular formula is C117H104N8O4Si+4. The van der Waals surface area contributed by atoms with Gasteiger partial charge in [-0.15, -0.1) is 0 Å². The van der Waals surface area contributed by atoms with Crippen LogP contribution >= 0.6 is 0 Å². The third-order valence-corrected chi connectivity index (χ3v) is 27.6. The van der Waals surface area contributed by atoms with Gasteiger partial charge in [-0.25, -0.2) is 37.6 Å². The van der Waals surface area contributed by atoms with E-state index in [4.69, 9.17) is 44.0 Å². The minimum Gasteiger partial charge on any atom is -0.456 e. The molecule has 0 spiro atoms. The maximum atomic E-state index is 7.84. The molecule has 0 aliphatic carbocycles. The first-order valence-corrected chi connectivity index (χ1v) is 47.6. The molecule has 8 heterocycles. The zero-order chi connectivity index (χ0) is 91.7. The van der Waals surface area contributed by atoms with Gasteiger partial charge in [0, 0.05) is 112 Å². The van der Waals surface area contributed by atoms with E-state index in [1.54, 1.807) is 0 Å². The van der Waals surface area contributed by atoms with E-state index in [0.717, 1.165) is 199 Å². The summed E-state index contributed by atoms with van der Waals surface area (Å²) in [5.74, 6) is 0.435. The summed E-state index contributed by atoms with van der Waals surface area (Å²) in [6, 6.07) is 81.0. The van der Waals surface area contributed by atoms with Crippen LogP contribution in [0.3, 0.4) is 0 Å². The Hall–Kier alpha value is -15.4. The summed E-state index contributed by atoms with van der Waals surface area (Å²) in [7, 11) is 6.83. The van der Waals surface area contributed by atoms with Crippen LogP contribution in [0.15, 0.2) is 279 Å². The summed E-state index contributed by atoms with van der Waals surface area (Å²) >= 11 is 0. The molecule has 0 N–H and O–H groups in total. The van der Waals surface area contributed by atoms with E-state index < -0.39 is 8.07 Å². The smallest absolute Gasteiger partial charge is 0.219 e. The molecule has 13 heteroatoms. The van der Waals surface area contributed by atoms with Gasteiger partial charge >= 0.3 is 0 Å². The van der Waals surface area contributed by atoms with Gasteiger partial charge in [0.05, 0.1) is 56.6 Å². The van der Waals surface area contributed by atoms with Crippen LogP contribution in [0, 0.1) is 102 Å². The number of pyridine rings is 4. The third kappa shape index (κ3) is 15.3. The van der Waals surface area contributed by atoms with Crippen molar-refractivity contribution in [3.63, 3.8) is 0 Å². The van der Waals surface area contributed by atoms with E-state index in [9.17, 15) is 0 Å². The number of hydrogen-bond acceptors (Lipinski definition) is 4. The maximum absolute atomic E-state index is 7.84. The van der Waals surface area contributed by atoms with Crippen LogP contribution in [-0.2, 0) is 28.2 Å². The van der Waals surface area contributed by atoms with Gasteiger partial charge in [-0.05, 0) is 172 Å². The predicted molar refractivity (Wildman–Crippen MR) is 537 cm³/mol. The van der Waals surface area contributed by atoms with Gasteiger partial charge in [0.2, 0.25) is 39.8 Å². The Morgan fingerprint density at radius 2 is 0.685 bits per heavy atom. The SMILES string of the molecule is [C-]#[N+]c1c(C)cc2c(oc3c(-c4c(C)ccc[n+]4C)c(C)ccc32)c1-c1ccccc1.[C-]#[N+]c1c(C)cc2c(oc3c(-c4cc(C)cc[n+]4C)c(C)ccc32)c1-c1ccccc1.[C-]#[N+]c1c(C)cc2c(oc3c(-c4ccc(C)c[n+]4C)c(C)ccc32)c1-c1ccccc1.[C-]#[N+]c1ccc2c(oc3c(-c4cc(C(C)C)c([Si](C)(C)C)c[n+]4C)c(C)cc(C)c32)c1-c1ccccc1. The van der Waals surface area contributed by atoms with Gasteiger partial charge in [-0.1, -0.05) is 228 Å². The second kappa shape index (κ2) is 34.8. The molecule has 12 aromatic carbocycles. The van der Waals surface area contributed by atoms with Crippen molar-refractivity contribution < 1.29 is 35.9 Å². The Morgan fingerprint density at radius 3 is 1.12 bits per heavy atom. The van der Waals surface area contributed by atoms with Crippen LogP contribution in [0.1, 0.15) is 86.5 Å². The first kappa shape index (κ1) is 86.7. The third-order valence-electron chi connectivity index (χ3n) is 25.6. The molecule has 8 aromatic heterocycles. The number of rotatable bonds is 10. The topological polar surface area (TPSA) is 85.5 Å². The molecule has 0 atom stereocenters. The fraction of sp³-hybridized carbons (Fsp3) is 0.179. The number of hydrogen-bond donors (Lipinski definition) is 0. The lowest BCUT2D eigenvalue weighted by atomic mass is 9.94. The first-order valence-electron chi connectivity index (χ1n) is 44.1. The molecule has 0 aliphatic rings. The van der Waals surface area contributed by atoms with Crippen LogP contribution in [-0.4, -0.2) is 8.07 Å². The van der Waals surface area contributed by atoms with Crippen molar-refractivity contribution in [3.05, 3.63) is 374 Å². The monoisotopic (exact) mass is 1710 g/mol. The highest BCUT2D eigenvalue weighted by Gasteiger charge is 2.34. The van der Waals surface area contributed by atoms with Gasteiger partial charge in [-0.3, -0.25) is 0 Å². The number of aryl methyl sites for hydroxylation is 15. The molecular weight excluding hydrogens is 1610 g/mol. The quantitative estimate of drug-likeness (QED) is 0.0776. The average Bonchev–Trinajstić information content (AvgIpc) is 1.58. The minimum absolute atomic E-state index is 0.435. The Labute approximate surface area is 761 Å². The number of aromatic nitrogens is 4. The summed E-state index contributed by atoms with van der Waals surface area (Å²) in [6.07, 6.45) is 8.64. The summed E-state index contributed by atoms with van der Waals surface area (Å²) < 4.78 is 35.5. The van der Waals surface area contributed by atoms with Crippen molar-refractivity contribution in [2.45, 2.75) is 116 Å². The van der Waals surface area contributed by atoms with E-state index in [1.807, 2.05) is 136 Å². The van der Waals surface area contributed by atoms with E-state index in [2.05, 4.69) is 301 Å². The summed E-state index contributed by atoms with van der Waals surface area (Å²) in [5, 5.41) is 10.1. The molecule has 12 nitrogen and oxygen atoms in total. The van der Waals surface area contributed by atoms with Gasteiger partial charge < -0.3 is 17.7 Å². The number of furan rings is 4. The minimum atomic E-state index is -1.53. The van der Waals surface area contributed by atoms with Crippen molar-refractivity contribution >= 4 is 124 Å². The van der Waals surface area contributed by atoms with Crippen LogP contribution in [0.25, 0.3) is 197 Å². The predicted octanol–water partition coefficient (Wildman–Crippen LogP) is 30.2. The van der Waals surface area contributed by atoms with Crippen LogP contribution in [0.5, 0.6) is 0 Å². The molecule has 20 rings (SSSR count). The molecule has 20 aromatic rings. The normalized spacial score (nSPS) is 11.4. The zero-order valence-corrected chi connectivity index (χ0v) is 78.6. The van der Waals surface area contributed by atoms with E-state index in [-0.39, 0.29) is 0 Å². The second-order valence-electron chi connectivity index (χ2n) is 36.1. The first-order chi connectivity index (χ1) is 62.5. The standard InChI is InChI=1S/C33H35N2OSi.3C28H23N2O/c1-20(2)25-18-27(35(6)19-28(25)37(7,8)9)30-22(4)17-21(3)29-24-15-16-26(34-5)31(32(24)36-33(29)30)23-13-11-10-12-14-23;1-17-13-14-21-22-16-19(3)25(29-4)24(20-11-7-6-8-12-20)28(22)31-27(21)23(17)26-18(2)10-9-15-30(26)5;1-17-11-14-23(30(5)16-17)24-18(2)12-13-21-22-15-19(3)26(29-4)25(28(22)31-27(21)24)20-9-7-6-8-10-20;1-17-13-14-30(5)23(15-17)24-18(2)11-12-21-22-16-19(3)26(29-4)25(28(22)31-27(21)24)20-9-7-6-8-10-20/h10-20H,1-4,6-9H3;3*6-16H,1-3,5H3/q4*+1. The van der Waals surface area contributed by atoms with Crippen molar-refractivity contribution in [1.29, 1.82) is 0 Å². The molecule has 0 fully saturated rings. The Kier molecular flexibility index (Phi) is 23.2. The lowest BCUT2D eigenvalue weighted by molar-refractivity contribution is -0.660. The fourth-order valence-corrected chi connectivity index (χ4v) is 21.1. The number of fused-ring (bicyclic) bond motifs is 12. The highest BCUT2D eigenvalue weighted by atomic mass is 28.3. The lowest BCUT2D eigenvalue weighted by Crippen LogP contribution is -2.47. The summed E-state index contributed by atoms with van der Waals surface area (Å²) in [4.78, 5) is 15.5. The fourth-order valence-electron chi connectivity index (χ4n) is 19.3. The Morgan fingerprint density at radius 1 is 0.285 bits per heavy atom. The van der Waals surface area contributed by atoms with Gasteiger partial charge in [0.25, 0.3) is 0 Å². The molecule has 0 saturated carbocycles. The molecule has 0 saturated heterocycles. The van der Waals surface area contributed by atoms with E-state index in [1.165, 1.54) is 49.8 Å². The number of benzene rings is 12. The van der Waals surface area contributed by atoms with Crippen molar-refractivity contribution in [2.24, 2.45) is 28.2 Å². The molecule has 130 heavy (non-hydrogen) atoms. The van der Waals surface area contributed by atoms with Gasteiger partial charge in [0.1, 0.15) is 72.9 Å². The average molecular weight is 1710 g/mol. The Balaban J connectivity index is 0.000000122. The van der Waals surface area contributed by atoms with Gasteiger partial charge in [-0.2, -0.15) is 0 Å². The van der Waals surface area contributed by atoms with Crippen LogP contribution < -0.4 is 23.5 Å². The van der Waals surface area contributed by atoms with E-state index in [0.29, 0.717) is 28.7 Å². The zero-order valence-electron chi connectivity index (χ0n) is 77.6.